The van der Waals surface area contributed by atoms with Gasteiger partial charge in [0, 0.05) is 44.8 Å². The smallest absolute Gasteiger partial charge is 0.475 e. The first kappa shape index (κ1) is 35.8. The largest absolute Gasteiger partial charge is 0.490 e. The number of likely N-dealkylation sites (tertiary alicyclic amines) is 1. The molecule has 0 aliphatic carbocycles. The Labute approximate surface area is 245 Å². The molecule has 2 N–H and O–H groups in total. The summed E-state index contributed by atoms with van der Waals surface area (Å²) in [4.78, 5) is 22.4. The number of carboxylic acids is 2. The van der Waals surface area contributed by atoms with Crippen LogP contribution >= 0.6 is 0 Å². The number of anilines is 1. The van der Waals surface area contributed by atoms with Crippen LogP contribution in [0.4, 0.5) is 32.0 Å². The summed E-state index contributed by atoms with van der Waals surface area (Å²) in [7, 11) is 0.904. The Kier molecular flexibility index (Phi) is 12.0. The lowest BCUT2D eigenvalue weighted by molar-refractivity contribution is -0.193. The van der Waals surface area contributed by atoms with Gasteiger partial charge >= 0.3 is 24.3 Å². The van der Waals surface area contributed by atoms with Crippen molar-refractivity contribution in [2.45, 2.75) is 37.5 Å². The topological polar surface area (TPSA) is 118 Å². The second-order valence-electron chi connectivity index (χ2n) is 10.5. The van der Waals surface area contributed by atoms with E-state index in [9.17, 15) is 34.8 Å². The maximum absolute atomic E-state index is 12.7. The molecule has 2 aromatic rings. The summed E-state index contributed by atoms with van der Waals surface area (Å²) in [6.07, 6.45) is -8.00. The number of halogens is 6. The molecule has 2 aliphatic heterocycles. The van der Waals surface area contributed by atoms with Gasteiger partial charge in [0.2, 0.25) is 10.0 Å². The van der Waals surface area contributed by atoms with E-state index >= 15 is 0 Å². The summed E-state index contributed by atoms with van der Waals surface area (Å²) >= 11 is 0. The van der Waals surface area contributed by atoms with Gasteiger partial charge in [-0.25, -0.2) is 22.3 Å². The molecule has 0 saturated carbocycles. The number of rotatable bonds is 6. The molecule has 1 spiro atoms. The number of carbonyl (C=O) groups is 2. The third-order valence-electron chi connectivity index (χ3n) is 6.87. The van der Waals surface area contributed by atoms with Gasteiger partial charge in [-0.15, -0.1) is 0 Å². The van der Waals surface area contributed by atoms with E-state index in [1.807, 2.05) is 30.3 Å². The third kappa shape index (κ3) is 11.3. The predicted molar refractivity (Wildman–Crippen MR) is 146 cm³/mol. The van der Waals surface area contributed by atoms with E-state index in [4.69, 9.17) is 19.8 Å². The molecule has 0 unspecified atom stereocenters. The quantitative estimate of drug-likeness (QED) is 0.445. The second-order valence-corrected chi connectivity index (χ2v) is 12.4. The van der Waals surface area contributed by atoms with Gasteiger partial charge in [-0.1, -0.05) is 42.5 Å². The normalized spacial score (nSPS) is 17.0. The SMILES string of the molecule is CN(C)c1ccc(CN2CCC3(CC2)CN(S(=O)(=O)Cc2ccccc2)C3)cc1.O=C(O)C(F)(F)F.O=C(O)C(F)(F)F. The first-order valence-electron chi connectivity index (χ1n) is 12.8. The van der Waals surface area contributed by atoms with E-state index < -0.39 is 34.3 Å². The Morgan fingerprint density at radius 3 is 1.65 bits per heavy atom. The van der Waals surface area contributed by atoms with E-state index in [1.54, 1.807) is 4.31 Å². The van der Waals surface area contributed by atoms with Gasteiger partial charge in [0.15, 0.2) is 0 Å². The van der Waals surface area contributed by atoms with Crippen molar-refractivity contribution in [3.05, 3.63) is 65.7 Å². The van der Waals surface area contributed by atoms with Crippen LogP contribution in [-0.4, -0.2) is 92.4 Å². The monoisotopic (exact) mass is 641 g/mol. The number of aliphatic carboxylic acids is 2. The van der Waals surface area contributed by atoms with Crippen molar-refractivity contribution in [2.24, 2.45) is 5.41 Å². The molecule has 0 radical (unpaired) electrons. The summed E-state index contributed by atoms with van der Waals surface area (Å²) in [5, 5.41) is 14.2. The average molecular weight is 642 g/mol. The first-order chi connectivity index (χ1) is 19.7. The Morgan fingerprint density at radius 1 is 0.814 bits per heavy atom. The van der Waals surface area contributed by atoms with Gasteiger partial charge in [0.25, 0.3) is 0 Å². The highest BCUT2D eigenvalue weighted by molar-refractivity contribution is 7.88. The Morgan fingerprint density at radius 2 is 1.26 bits per heavy atom. The average Bonchev–Trinajstić information content (AvgIpc) is 2.88. The van der Waals surface area contributed by atoms with E-state index in [0.717, 1.165) is 38.0 Å². The van der Waals surface area contributed by atoms with Crippen LogP contribution < -0.4 is 4.90 Å². The summed E-state index contributed by atoms with van der Waals surface area (Å²) in [6.45, 7) is 4.44. The van der Waals surface area contributed by atoms with Gasteiger partial charge in [-0.05, 0) is 49.2 Å². The molecule has 2 saturated heterocycles. The molecule has 43 heavy (non-hydrogen) atoms. The first-order valence-corrected chi connectivity index (χ1v) is 14.5. The van der Waals surface area contributed by atoms with Gasteiger partial charge in [0.1, 0.15) is 0 Å². The van der Waals surface area contributed by atoms with Crippen LogP contribution in [0.3, 0.4) is 0 Å². The van der Waals surface area contributed by atoms with Crippen LogP contribution in [0.5, 0.6) is 0 Å². The fraction of sp³-hybridized carbons (Fsp3) is 0.481. The molecule has 0 atom stereocenters. The lowest BCUT2D eigenvalue weighted by Gasteiger charge is -2.53. The number of alkyl halides is 6. The number of hydrogen-bond acceptors (Lipinski definition) is 6. The van der Waals surface area contributed by atoms with Crippen molar-refractivity contribution in [3.8, 4) is 0 Å². The highest BCUT2D eigenvalue weighted by Gasteiger charge is 2.49. The maximum Gasteiger partial charge on any atom is 0.490 e. The molecular formula is C27H33F6N3O6S. The fourth-order valence-corrected chi connectivity index (χ4v) is 6.17. The van der Waals surface area contributed by atoms with Crippen LogP contribution in [-0.2, 0) is 31.9 Å². The highest BCUT2D eigenvalue weighted by Crippen LogP contribution is 2.42. The number of hydrogen-bond donors (Lipinski definition) is 2. The molecule has 0 aromatic heterocycles. The second kappa shape index (κ2) is 14.4. The molecule has 4 rings (SSSR count). The van der Waals surface area contributed by atoms with Crippen molar-refractivity contribution in [2.75, 3.05) is 45.2 Å². The summed E-state index contributed by atoms with van der Waals surface area (Å²) in [6, 6.07) is 18.2. The van der Waals surface area contributed by atoms with Gasteiger partial charge < -0.3 is 15.1 Å². The number of benzene rings is 2. The Balaban J connectivity index is 0.000000384. The predicted octanol–water partition coefficient (Wildman–Crippen LogP) is 4.45. The van der Waals surface area contributed by atoms with Crippen LogP contribution in [0.1, 0.15) is 24.0 Å². The molecule has 2 aromatic carbocycles. The zero-order valence-electron chi connectivity index (χ0n) is 23.4. The number of nitrogens with zero attached hydrogens (tertiary/aromatic N) is 3. The van der Waals surface area contributed by atoms with Crippen LogP contribution in [0.2, 0.25) is 0 Å². The summed E-state index contributed by atoms with van der Waals surface area (Å²) in [5.74, 6) is -5.40. The minimum atomic E-state index is -5.08. The van der Waals surface area contributed by atoms with Gasteiger partial charge in [-0.2, -0.15) is 26.3 Å². The summed E-state index contributed by atoms with van der Waals surface area (Å²) < 4.78 is 90.6. The Hall–Kier alpha value is -3.37. The number of sulfonamides is 1. The lowest BCUT2D eigenvalue weighted by atomic mass is 9.73. The maximum atomic E-state index is 12.7. The van der Waals surface area contributed by atoms with E-state index in [1.165, 1.54) is 11.3 Å². The minimum absolute atomic E-state index is 0.110. The van der Waals surface area contributed by atoms with Crippen molar-refractivity contribution >= 4 is 27.6 Å². The van der Waals surface area contributed by atoms with E-state index in [0.29, 0.717) is 13.1 Å². The molecule has 9 nitrogen and oxygen atoms in total. The molecule has 16 heteroatoms. The van der Waals surface area contributed by atoms with Gasteiger partial charge in [-0.3, -0.25) is 4.90 Å². The molecule has 2 aliphatic rings. The molecule has 0 bridgehead atoms. The van der Waals surface area contributed by atoms with Crippen LogP contribution in [0, 0.1) is 5.41 Å². The van der Waals surface area contributed by atoms with Crippen molar-refractivity contribution < 1.29 is 54.6 Å². The molecule has 240 valence electrons. The van der Waals surface area contributed by atoms with E-state index in [-0.39, 0.29) is 11.2 Å². The van der Waals surface area contributed by atoms with Crippen LogP contribution in [0.25, 0.3) is 0 Å². The standard InChI is InChI=1S/C23H31N3O2S.2C2HF3O2/c1-24(2)22-10-8-20(9-11-22)16-25-14-12-23(13-15-25)18-26(19-23)29(27,28)17-21-6-4-3-5-7-21;2*3-2(4,5)1(6)7/h3-11H,12-19H2,1-2H3;2*(H,6,7). The molecule has 0 amide bonds. The van der Waals surface area contributed by atoms with Crippen molar-refractivity contribution in [1.29, 1.82) is 0 Å². The zero-order chi connectivity index (χ0) is 32.6. The van der Waals surface area contributed by atoms with Crippen LogP contribution in [0.15, 0.2) is 54.6 Å². The lowest BCUT2D eigenvalue weighted by Crippen LogP contribution is -2.61. The number of carboxylic acid groups (broad SMARTS) is 2. The van der Waals surface area contributed by atoms with Crippen molar-refractivity contribution in [1.82, 2.24) is 9.21 Å². The number of piperidine rings is 1. The molecular weight excluding hydrogens is 608 g/mol. The molecule has 2 heterocycles. The van der Waals surface area contributed by atoms with Crippen molar-refractivity contribution in [3.63, 3.8) is 0 Å². The van der Waals surface area contributed by atoms with E-state index in [2.05, 4.69) is 48.2 Å². The minimum Gasteiger partial charge on any atom is -0.475 e. The zero-order valence-corrected chi connectivity index (χ0v) is 24.2. The third-order valence-corrected chi connectivity index (χ3v) is 8.61. The fourth-order valence-electron chi connectivity index (χ4n) is 4.43. The highest BCUT2D eigenvalue weighted by atomic mass is 32.2. The van der Waals surface area contributed by atoms with Gasteiger partial charge in [0.05, 0.1) is 5.75 Å². The summed E-state index contributed by atoms with van der Waals surface area (Å²) in [5.41, 5.74) is 3.61. The Bertz CT molecular complexity index is 1280. The molecule has 2 fully saturated rings.